The minimum absolute atomic E-state index is 0.0903. The van der Waals surface area contributed by atoms with Crippen molar-refractivity contribution < 1.29 is 28.5 Å². The molecule has 0 bridgehead atoms. The van der Waals surface area contributed by atoms with Crippen LogP contribution in [0, 0.1) is 12.7 Å². The zero-order valence-corrected chi connectivity index (χ0v) is 27.3. The topological polar surface area (TPSA) is 140 Å². The number of methoxy groups -OCH3 is 1. The maximum atomic E-state index is 14.6. The molecular formula is C33H36FN5O7S. The number of aromatic nitrogens is 5. The first-order valence-corrected chi connectivity index (χ1v) is 15.8. The van der Waals surface area contributed by atoms with Crippen LogP contribution in [-0.2, 0) is 33.0 Å². The number of ether oxygens (including phenoxy) is 3. The van der Waals surface area contributed by atoms with Crippen LogP contribution in [0.3, 0.4) is 0 Å². The first-order valence-electron chi connectivity index (χ1n) is 15.0. The minimum Gasteiger partial charge on any atom is -0.496 e. The van der Waals surface area contributed by atoms with E-state index in [9.17, 15) is 23.9 Å². The molecule has 0 fully saturated rings. The van der Waals surface area contributed by atoms with Crippen LogP contribution < -0.4 is 16.0 Å². The molecule has 2 aromatic carbocycles. The molecule has 0 aliphatic carbocycles. The van der Waals surface area contributed by atoms with Crippen molar-refractivity contribution in [2.24, 2.45) is 0 Å². The molecule has 1 atom stereocenters. The molecule has 0 saturated carbocycles. The van der Waals surface area contributed by atoms with E-state index in [2.05, 4.69) is 10.2 Å². The average molecular weight is 666 g/mol. The number of aryl methyl sites for hydroxylation is 1. The predicted molar refractivity (Wildman–Crippen MR) is 174 cm³/mol. The summed E-state index contributed by atoms with van der Waals surface area (Å²) in [6.45, 7) is 4.33. The largest absolute Gasteiger partial charge is 0.496 e. The highest BCUT2D eigenvalue weighted by Crippen LogP contribution is 2.34. The van der Waals surface area contributed by atoms with E-state index in [4.69, 9.17) is 14.2 Å². The van der Waals surface area contributed by atoms with Gasteiger partial charge in [-0.2, -0.15) is 10.2 Å². The van der Waals surface area contributed by atoms with Gasteiger partial charge in [-0.1, -0.05) is 41.7 Å². The van der Waals surface area contributed by atoms with Crippen molar-refractivity contribution in [1.29, 1.82) is 0 Å². The van der Waals surface area contributed by atoms with Crippen LogP contribution >= 0.6 is 11.3 Å². The van der Waals surface area contributed by atoms with Crippen molar-refractivity contribution in [3.63, 3.8) is 0 Å². The van der Waals surface area contributed by atoms with Crippen molar-refractivity contribution in [3.05, 3.63) is 104 Å². The third-order valence-corrected chi connectivity index (χ3v) is 9.16. The molecule has 248 valence electrons. The Bertz CT molecular complexity index is 1970. The number of ketones is 1. The number of aliphatic hydroxyl groups is 1. The van der Waals surface area contributed by atoms with E-state index in [-0.39, 0.29) is 44.8 Å². The molecule has 0 aliphatic rings. The minimum atomic E-state index is -1.62. The molecule has 5 rings (SSSR count). The number of halogens is 1. The fourth-order valence-corrected chi connectivity index (χ4v) is 6.51. The molecule has 3 heterocycles. The number of benzene rings is 2. The van der Waals surface area contributed by atoms with Crippen LogP contribution in [0.15, 0.2) is 70.5 Å². The van der Waals surface area contributed by atoms with E-state index in [1.807, 2.05) is 30.3 Å². The molecule has 0 saturated heterocycles. The average Bonchev–Trinajstić information content (AvgIpc) is 3.71. The summed E-state index contributed by atoms with van der Waals surface area (Å²) in [6.07, 6.45) is 2.33. The number of thiophene rings is 1. The van der Waals surface area contributed by atoms with Gasteiger partial charge in [0.05, 0.1) is 38.0 Å². The summed E-state index contributed by atoms with van der Waals surface area (Å²) in [6, 6.07) is 13.3. The Labute approximate surface area is 273 Å². The standard InChI is InChI=1S/C33H36FN5O7S/c1-21-28-29(42)38(33(2,3)27(41)20-45-19-22-9-6-5-7-10-22)32(43)37(31(28)47-30(21)39-35-13-14-36-39)18-26(46-16-8-15-40)24-17-23(34)11-12-25(24)44-4/h5-7,9-14,17,26,40H,8,15-16,18-20H2,1-4H3/t26-/m0/s1. The van der Waals surface area contributed by atoms with Crippen molar-refractivity contribution in [3.8, 4) is 10.8 Å². The van der Waals surface area contributed by atoms with Gasteiger partial charge in [0.25, 0.3) is 5.56 Å². The molecule has 0 amide bonds. The second-order valence-electron chi connectivity index (χ2n) is 11.3. The summed E-state index contributed by atoms with van der Waals surface area (Å²) in [5, 5.41) is 18.6. The van der Waals surface area contributed by atoms with Gasteiger partial charge in [0.1, 0.15) is 39.6 Å². The molecule has 14 heteroatoms. The Kier molecular flexibility index (Phi) is 10.4. The molecule has 1 N–H and O–H groups in total. The quantitative estimate of drug-likeness (QED) is 0.165. The Morgan fingerprint density at radius 2 is 1.83 bits per heavy atom. The van der Waals surface area contributed by atoms with Gasteiger partial charge >= 0.3 is 5.69 Å². The van der Waals surface area contributed by atoms with Crippen LogP contribution in [0.1, 0.15) is 43.1 Å². The lowest BCUT2D eigenvalue weighted by Gasteiger charge is -2.27. The number of fused-ring (bicyclic) bond motifs is 1. The predicted octanol–water partition coefficient (Wildman–Crippen LogP) is 3.92. The maximum Gasteiger partial charge on any atom is 0.333 e. The van der Waals surface area contributed by atoms with Gasteiger partial charge in [0.2, 0.25) is 0 Å². The van der Waals surface area contributed by atoms with Gasteiger partial charge in [-0.05, 0) is 51.0 Å². The van der Waals surface area contributed by atoms with Crippen LogP contribution in [0.2, 0.25) is 0 Å². The van der Waals surface area contributed by atoms with Crippen LogP contribution in [-0.4, -0.2) is 61.9 Å². The molecule has 0 unspecified atom stereocenters. The van der Waals surface area contributed by atoms with Gasteiger partial charge in [-0.15, -0.1) is 4.80 Å². The monoisotopic (exact) mass is 665 g/mol. The van der Waals surface area contributed by atoms with Gasteiger partial charge in [0, 0.05) is 24.3 Å². The third kappa shape index (κ3) is 6.95. The van der Waals surface area contributed by atoms with Gasteiger partial charge in [-0.25, -0.2) is 13.8 Å². The SMILES string of the molecule is COc1ccc(F)cc1[C@H](Cn1c(=O)n(C(C)(C)C(=O)COCc2ccccc2)c(=O)c2c(C)c(-n3nccn3)sc21)OCCCO. The fraction of sp³-hybridized carbons (Fsp3) is 0.364. The number of carbonyl (C=O) groups is 1. The van der Waals surface area contributed by atoms with Crippen molar-refractivity contribution in [2.75, 3.05) is 26.9 Å². The first kappa shape index (κ1) is 33.9. The normalized spacial score (nSPS) is 12.5. The van der Waals surface area contributed by atoms with Crippen LogP contribution in [0.5, 0.6) is 5.75 Å². The highest BCUT2D eigenvalue weighted by Gasteiger charge is 2.36. The molecule has 5 aromatic rings. The molecule has 0 radical (unpaired) electrons. The zero-order chi connectivity index (χ0) is 33.7. The van der Waals surface area contributed by atoms with Crippen molar-refractivity contribution in [1.82, 2.24) is 24.1 Å². The van der Waals surface area contributed by atoms with E-state index < -0.39 is 34.5 Å². The highest BCUT2D eigenvalue weighted by atomic mass is 32.1. The number of carbonyl (C=O) groups excluding carboxylic acids is 1. The van der Waals surface area contributed by atoms with Crippen LogP contribution in [0.25, 0.3) is 15.2 Å². The summed E-state index contributed by atoms with van der Waals surface area (Å²) in [7, 11) is 1.44. The first-order chi connectivity index (χ1) is 22.6. The zero-order valence-electron chi connectivity index (χ0n) is 26.5. The van der Waals surface area contributed by atoms with E-state index in [0.29, 0.717) is 26.7 Å². The van der Waals surface area contributed by atoms with Gasteiger partial charge < -0.3 is 19.3 Å². The number of hydrogen-bond acceptors (Lipinski definition) is 10. The fourth-order valence-electron chi connectivity index (χ4n) is 5.29. The smallest absolute Gasteiger partial charge is 0.333 e. The lowest BCUT2D eigenvalue weighted by Crippen LogP contribution is -2.53. The number of rotatable bonds is 15. The Balaban J connectivity index is 1.65. The van der Waals surface area contributed by atoms with E-state index >= 15 is 0 Å². The van der Waals surface area contributed by atoms with Gasteiger partial charge in [0.15, 0.2) is 5.78 Å². The summed E-state index contributed by atoms with van der Waals surface area (Å²) >= 11 is 1.13. The van der Waals surface area contributed by atoms with Crippen molar-refractivity contribution in [2.45, 2.75) is 52.0 Å². The summed E-state index contributed by atoms with van der Waals surface area (Å²) in [5.41, 5.74) is -1.34. The lowest BCUT2D eigenvalue weighted by molar-refractivity contribution is -0.131. The highest BCUT2D eigenvalue weighted by molar-refractivity contribution is 7.21. The lowest BCUT2D eigenvalue weighted by atomic mass is 9.99. The maximum absolute atomic E-state index is 14.6. The molecule has 3 aromatic heterocycles. The number of Topliss-reactive ketones (excluding diaryl/α,β-unsaturated/α-hetero) is 1. The molecular weight excluding hydrogens is 629 g/mol. The number of hydrogen-bond donors (Lipinski definition) is 1. The Hall–Kier alpha value is -4.50. The Morgan fingerprint density at radius 3 is 2.51 bits per heavy atom. The van der Waals surface area contributed by atoms with E-state index in [1.54, 1.807) is 6.92 Å². The number of aliphatic hydroxyl groups excluding tert-OH is 1. The summed E-state index contributed by atoms with van der Waals surface area (Å²) in [4.78, 5) is 44.0. The van der Waals surface area contributed by atoms with Crippen LogP contribution in [0.4, 0.5) is 4.39 Å². The van der Waals surface area contributed by atoms with Gasteiger partial charge in [-0.3, -0.25) is 14.2 Å². The molecule has 12 nitrogen and oxygen atoms in total. The second-order valence-corrected chi connectivity index (χ2v) is 12.3. The second kappa shape index (κ2) is 14.5. The molecule has 0 spiro atoms. The molecule has 47 heavy (non-hydrogen) atoms. The number of nitrogens with zero attached hydrogens (tertiary/aromatic N) is 5. The van der Waals surface area contributed by atoms with E-state index in [1.165, 1.54) is 60.9 Å². The Morgan fingerprint density at radius 1 is 1.11 bits per heavy atom. The van der Waals surface area contributed by atoms with Crippen molar-refractivity contribution >= 4 is 27.3 Å². The summed E-state index contributed by atoms with van der Waals surface area (Å²) in [5.74, 6) is -0.698. The third-order valence-electron chi connectivity index (χ3n) is 7.88. The molecule has 0 aliphatic heterocycles. The van der Waals surface area contributed by atoms with E-state index in [0.717, 1.165) is 21.5 Å². The summed E-state index contributed by atoms with van der Waals surface area (Å²) < 4.78 is 34.2.